The maximum atomic E-state index is 10.9. The molecule has 3 nitrogen and oxygen atoms in total. The van der Waals surface area contributed by atoms with Crippen LogP contribution >= 0.6 is 12.2 Å². The maximum Gasteiger partial charge on any atom is 0.177 e. The quantitative estimate of drug-likeness (QED) is 0.757. The highest BCUT2D eigenvalue weighted by Crippen LogP contribution is 2.06. The van der Waals surface area contributed by atoms with E-state index in [2.05, 4.69) is 4.98 Å². The van der Waals surface area contributed by atoms with Gasteiger partial charge in [-0.3, -0.25) is 4.21 Å². The Balaban J connectivity index is 2.78. The highest BCUT2D eigenvalue weighted by molar-refractivity contribution is 7.84. The van der Waals surface area contributed by atoms with E-state index in [4.69, 9.17) is 12.2 Å². The fourth-order valence-electron chi connectivity index (χ4n) is 1.10. The van der Waals surface area contributed by atoms with Crippen LogP contribution in [0.15, 0.2) is 12.4 Å². The van der Waals surface area contributed by atoms with Crippen LogP contribution in [-0.4, -0.2) is 25.8 Å². The van der Waals surface area contributed by atoms with Crippen molar-refractivity contribution in [1.29, 1.82) is 0 Å². The minimum absolute atomic E-state index is 0.203. The molecular formula is C7H12N2OS2. The number of hydrogen-bond donors (Lipinski definition) is 1. The zero-order valence-electron chi connectivity index (χ0n) is 7.11. The molecule has 1 aromatic rings. The van der Waals surface area contributed by atoms with Crippen molar-refractivity contribution >= 4 is 23.0 Å². The van der Waals surface area contributed by atoms with Gasteiger partial charge >= 0.3 is 0 Å². The van der Waals surface area contributed by atoms with Gasteiger partial charge in [-0.15, -0.1) is 0 Å². The van der Waals surface area contributed by atoms with E-state index in [-0.39, 0.29) is 6.04 Å². The molecule has 2 atom stereocenters. The number of hydrogen-bond acceptors (Lipinski definition) is 2. The third kappa shape index (κ3) is 2.28. The Labute approximate surface area is 79.3 Å². The molecule has 0 radical (unpaired) electrons. The summed E-state index contributed by atoms with van der Waals surface area (Å²) in [6.45, 7) is 2.00. The van der Waals surface area contributed by atoms with Crippen LogP contribution in [-0.2, 0) is 10.8 Å². The number of nitrogens with one attached hydrogen (secondary N) is 1. The van der Waals surface area contributed by atoms with E-state index in [0.717, 1.165) is 0 Å². The minimum Gasteiger partial charge on any atom is -0.337 e. The van der Waals surface area contributed by atoms with Crippen LogP contribution in [0.2, 0.25) is 0 Å². The average molecular weight is 204 g/mol. The highest BCUT2D eigenvalue weighted by Gasteiger charge is 2.06. The summed E-state index contributed by atoms with van der Waals surface area (Å²) in [7, 11) is -0.770. The SMILES string of the molecule is CC(CS(C)=O)n1cc[nH]c1=S. The number of aromatic nitrogens is 2. The smallest absolute Gasteiger partial charge is 0.177 e. The van der Waals surface area contributed by atoms with Gasteiger partial charge < -0.3 is 9.55 Å². The standard InChI is InChI=1S/C7H12N2OS2/c1-6(5-12(2)10)9-4-3-8-7(9)11/h3-4,6H,5H2,1-2H3,(H,8,11). The van der Waals surface area contributed by atoms with Crippen LogP contribution in [0.1, 0.15) is 13.0 Å². The molecule has 0 fully saturated rings. The lowest BCUT2D eigenvalue weighted by atomic mass is 10.4. The molecular weight excluding hydrogens is 192 g/mol. The summed E-state index contributed by atoms with van der Waals surface area (Å²) in [4.78, 5) is 2.90. The molecule has 0 saturated carbocycles. The van der Waals surface area contributed by atoms with Crippen LogP contribution in [0.25, 0.3) is 0 Å². The van der Waals surface area contributed by atoms with Crippen molar-refractivity contribution in [1.82, 2.24) is 9.55 Å². The second-order valence-electron chi connectivity index (χ2n) is 2.76. The van der Waals surface area contributed by atoms with Crippen molar-refractivity contribution in [3.8, 4) is 0 Å². The van der Waals surface area contributed by atoms with E-state index in [0.29, 0.717) is 10.5 Å². The molecule has 0 aliphatic carbocycles. The van der Waals surface area contributed by atoms with Gasteiger partial charge in [-0.05, 0) is 19.1 Å². The van der Waals surface area contributed by atoms with Crippen molar-refractivity contribution in [3.05, 3.63) is 17.2 Å². The topological polar surface area (TPSA) is 37.8 Å². The molecule has 0 aliphatic heterocycles. The fourth-order valence-corrected chi connectivity index (χ4v) is 2.25. The van der Waals surface area contributed by atoms with Crippen molar-refractivity contribution in [2.45, 2.75) is 13.0 Å². The lowest BCUT2D eigenvalue weighted by Crippen LogP contribution is -2.11. The van der Waals surface area contributed by atoms with Gasteiger partial charge in [0.25, 0.3) is 0 Å². The first-order chi connectivity index (χ1) is 5.61. The van der Waals surface area contributed by atoms with Crippen molar-refractivity contribution in [2.75, 3.05) is 12.0 Å². The van der Waals surface area contributed by atoms with E-state index >= 15 is 0 Å². The van der Waals surface area contributed by atoms with Crippen LogP contribution in [0.4, 0.5) is 0 Å². The Hall–Kier alpha value is -0.420. The Bertz CT molecular complexity index is 328. The first-order valence-corrected chi connectivity index (χ1v) is 5.80. The van der Waals surface area contributed by atoms with E-state index in [1.54, 1.807) is 12.5 Å². The molecule has 1 aromatic heterocycles. The third-order valence-electron chi connectivity index (χ3n) is 1.63. The summed E-state index contributed by atoms with van der Waals surface area (Å²) >= 11 is 5.02. The van der Waals surface area contributed by atoms with Crippen LogP contribution in [0, 0.1) is 4.77 Å². The molecule has 1 rings (SSSR count). The number of H-pyrrole nitrogens is 1. The van der Waals surface area contributed by atoms with E-state index in [9.17, 15) is 4.21 Å². The lowest BCUT2D eigenvalue weighted by Gasteiger charge is -2.10. The molecule has 0 saturated heterocycles. The number of imidazole rings is 1. The molecule has 1 N–H and O–H groups in total. The fraction of sp³-hybridized carbons (Fsp3) is 0.571. The monoisotopic (exact) mass is 204 g/mol. The first-order valence-electron chi connectivity index (χ1n) is 3.67. The summed E-state index contributed by atoms with van der Waals surface area (Å²) in [6.07, 6.45) is 5.37. The summed E-state index contributed by atoms with van der Waals surface area (Å²) < 4.78 is 13.5. The summed E-state index contributed by atoms with van der Waals surface area (Å²) in [5.41, 5.74) is 0. The number of nitrogens with zero attached hydrogens (tertiary/aromatic N) is 1. The van der Waals surface area contributed by atoms with Crippen molar-refractivity contribution in [3.63, 3.8) is 0 Å². The molecule has 1 heterocycles. The molecule has 0 spiro atoms. The molecule has 0 aliphatic rings. The zero-order chi connectivity index (χ0) is 9.14. The van der Waals surface area contributed by atoms with Gasteiger partial charge in [-0.2, -0.15) is 0 Å². The Morgan fingerprint density at radius 2 is 2.50 bits per heavy atom. The van der Waals surface area contributed by atoms with Gasteiger partial charge in [0.1, 0.15) is 0 Å². The van der Waals surface area contributed by atoms with Gasteiger partial charge in [-0.1, -0.05) is 0 Å². The van der Waals surface area contributed by atoms with Gasteiger partial charge in [0, 0.05) is 41.2 Å². The Morgan fingerprint density at radius 1 is 1.83 bits per heavy atom. The predicted octanol–water partition coefficient (Wildman–Crippen LogP) is 1.49. The highest BCUT2D eigenvalue weighted by atomic mass is 32.2. The van der Waals surface area contributed by atoms with E-state index in [1.807, 2.05) is 17.7 Å². The second-order valence-corrected chi connectivity index (χ2v) is 4.63. The minimum atomic E-state index is -0.770. The normalized spacial score (nSPS) is 15.8. The second kappa shape index (κ2) is 4.00. The Morgan fingerprint density at radius 3 is 2.92 bits per heavy atom. The summed E-state index contributed by atoms with van der Waals surface area (Å²) in [5.74, 6) is 0.645. The van der Waals surface area contributed by atoms with Gasteiger partial charge in [0.2, 0.25) is 0 Å². The third-order valence-corrected chi connectivity index (χ3v) is 2.91. The van der Waals surface area contributed by atoms with Crippen LogP contribution < -0.4 is 0 Å². The molecule has 68 valence electrons. The summed E-state index contributed by atoms with van der Waals surface area (Å²) in [6, 6.07) is 0.203. The van der Waals surface area contributed by atoms with E-state index in [1.165, 1.54) is 0 Å². The van der Waals surface area contributed by atoms with Gasteiger partial charge in [0.15, 0.2) is 4.77 Å². The number of aromatic amines is 1. The predicted molar refractivity (Wildman–Crippen MR) is 53.3 cm³/mol. The van der Waals surface area contributed by atoms with Gasteiger partial charge in [-0.25, -0.2) is 0 Å². The molecule has 0 bridgehead atoms. The van der Waals surface area contributed by atoms with Crippen LogP contribution in [0.5, 0.6) is 0 Å². The molecule has 0 aromatic carbocycles. The Kier molecular flexibility index (Phi) is 3.22. The molecule has 5 heteroatoms. The van der Waals surface area contributed by atoms with Crippen molar-refractivity contribution < 1.29 is 4.21 Å². The number of rotatable bonds is 3. The average Bonchev–Trinajstić information content (AvgIpc) is 2.33. The first kappa shape index (κ1) is 9.67. The van der Waals surface area contributed by atoms with Gasteiger partial charge in [0.05, 0.1) is 0 Å². The molecule has 2 unspecified atom stereocenters. The molecule has 0 amide bonds. The lowest BCUT2D eigenvalue weighted by molar-refractivity contribution is 0.590. The van der Waals surface area contributed by atoms with Crippen LogP contribution in [0.3, 0.4) is 0 Å². The maximum absolute atomic E-state index is 10.9. The summed E-state index contributed by atoms with van der Waals surface area (Å²) in [5, 5.41) is 0. The van der Waals surface area contributed by atoms with Crippen molar-refractivity contribution in [2.24, 2.45) is 0 Å². The largest absolute Gasteiger partial charge is 0.337 e. The molecule has 12 heavy (non-hydrogen) atoms. The zero-order valence-corrected chi connectivity index (χ0v) is 8.74. The van der Waals surface area contributed by atoms with E-state index < -0.39 is 10.8 Å².